The molecule has 1 aliphatic rings. The van der Waals surface area contributed by atoms with Gasteiger partial charge in [-0.15, -0.1) is 0 Å². The van der Waals surface area contributed by atoms with Crippen LogP contribution < -0.4 is 11.4 Å². The second kappa shape index (κ2) is 10.7. The second-order valence-corrected chi connectivity index (χ2v) is 10.9. The summed E-state index contributed by atoms with van der Waals surface area (Å²) in [7, 11) is 0. The number of nitrogens with one attached hydrogen (secondary N) is 1. The fraction of sp³-hybridized carbons (Fsp3) is 0.176. The largest absolute Gasteiger partial charge is 0.366 e. The van der Waals surface area contributed by atoms with E-state index >= 15 is 0 Å². The number of piperidine rings is 1. The van der Waals surface area contributed by atoms with E-state index in [2.05, 4.69) is 34.1 Å². The van der Waals surface area contributed by atoms with Gasteiger partial charge in [-0.2, -0.15) is 0 Å². The SMILES string of the molecule is NC(=O)c1ccc2nc(-c3ccc(CN4CCC(n5c(=O)[nH]c6ccccc65)CC4)cc3)c(-c3ccccc3)nc2c1. The van der Waals surface area contributed by atoms with Crippen LogP contribution in [0.2, 0.25) is 0 Å². The summed E-state index contributed by atoms with van der Waals surface area (Å²) in [5.41, 5.74) is 13.8. The lowest BCUT2D eigenvalue weighted by Crippen LogP contribution is -2.36. The molecule has 1 fully saturated rings. The molecule has 3 heterocycles. The Morgan fingerprint density at radius 1 is 0.810 bits per heavy atom. The van der Waals surface area contributed by atoms with Crippen molar-refractivity contribution in [2.75, 3.05) is 13.1 Å². The molecule has 0 saturated carbocycles. The average Bonchev–Trinajstić information content (AvgIpc) is 3.37. The topological polar surface area (TPSA) is 110 Å². The number of primary amides is 1. The summed E-state index contributed by atoms with van der Waals surface area (Å²) in [4.78, 5) is 39.7. The fourth-order valence-corrected chi connectivity index (χ4v) is 6.00. The van der Waals surface area contributed by atoms with Crippen LogP contribution >= 0.6 is 0 Å². The molecule has 0 radical (unpaired) electrons. The predicted molar refractivity (Wildman–Crippen MR) is 165 cm³/mol. The normalized spacial score (nSPS) is 14.5. The van der Waals surface area contributed by atoms with Crippen LogP contribution in [0.15, 0.2) is 102 Å². The summed E-state index contributed by atoms with van der Waals surface area (Å²) < 4.78 is 1.94. The van der Waals surface area contributed by atoms with E-state index in [-0.39, 0.29) is 11.7 Å². The van der Waals surface area contributed by atoms with Gasteiger partial charge in [-0.05, 0) is 48.7 Å². The molecule has 8 nitrogen and oxygen atoms in total. The number of amides is 1. The van der Waals surface area contributed by atoms with E-state index in [9.17, 15) is 9.59 Å². The lowest BCUT2D eigenvalue weighted by atomic mass is 10.0. The van der Waals surface area contributed by atoms with Gasteiger partial charge in [-0.1, -0.05) is 66.7 Å². The second-order valence-electron chi connectivity index (χ2n) is 10.9. The molecular weight excluding hydrogens is 524 g/mol. The smallest absolute Gasteiger partial charge is 0.326 e. The van der Waals surface area contributed by atoms with E-state index in [0.717, 1.165) is 66.0 Å². The zero-order valence-corrected chi connectivity index (χ0v) is 23.0. The molecule has 6 aromatic rings. The van der Waals surface area contributed by atoms with Gasteiger partial charge < -0.3 is 10.7 Å². The number of nitrogens with two attached hydrogens (primary N) is 1. The first kappa shape index (κ1) is 25.9. The Labute approximate surface area is 242 Å². The minimum Gasteiger partial charge on any atom is -0.366 e. The number of para-hydroxylation sites is 2. The van der Waals surface area contributed by atoms with Crippen molar-refractivity contribution in [2.45, 2.75) is 25.4 Å². The number of likely N-dealkylation sites (tertiary alicyclic amines) is 1. The van der Waals surface area contributed by atoms with Gasteiger partial charge in [0.2, 0.25) is 5.91 Å². The molecule has 3 N–H and O–H groups in total. The quantitative estimate of drug-likeness (QED) is 0.281. The van der Waals surface area contributed by atoms with Crippen molar-refractivity contribution in [3.8, 4) is 22.5 Å². The summed E-state index contributed by atoms with van der Waals surface area (Å²) >= 11 is 0. The van der Waals surface area contributed by atoms with E-state index in [1.54, 1.807) is 18.2 Å². The molecule has 0 atom stereocenters. The maximum atomic E-state index is 12.7. The molecule has 1 amide bonds. The summed E-state index contributed by atoms with van der Waals surface area (Å²) in [5.74, 6) is -0.490. The van der Waals surface area contributed by atoms with Gasteiger partial charge >= 0.3 is 5.69 Å². The summed E-state index contributed by atoms with van der Waals surface area (Å²) in [6, 6.07) is 31.8. The van der Waals surface area contributed by atoms with Crippen LogP contribution in [-0.2, 0) is 6.54 Å². The highest BCUT2D eigenvalue weighted by Crippen LogP contribution is 2.32. The number of aromatic nitrogens is 4. The zero-order chi connectivity index (χ0) is 28.6. The number of hydrogen-bond donors (Lipinski definition) is 2. The number of rotatable bonds is 6. The Balaban J connectivity index is 1.11. The minimum absolute atomic E-state index is 0.0230. The monoisotopic (exact) mass is 554 g/mol. The number of carbonyl (C=O) groups is 1. The molecule has 2 aromatic heterocycles. The number of hydrogen-bond acceptors (Lipinski definition) is 5. The fourth-order valence-electron chi connectivity index (χ4n) is 6.00. The molecule has 1 aliphatic heterocycles. The number of aromatic amines is 1. The van der Waals surface area contributed by atoms with Crippen LogP contribution in [0.1, 0.15) is 34.8 Å². The van der Waals surface area contributed by atoms with Crippen molar-refractivity contribution < 1.29 is 4.79 Å². The standard InChI is InChI=1S/C34H30N6O2/c35-33(41)25-14-15-27-29(20-25)37-31(23-6-2-1-3-7-23)32(36-27)24-12-10-22(11-13-24)21-39-18-16-26(17-19-39)40-30-9-5-4-8-28(30)38-34(40)42/h1-15,20,26H,16-19,21H2,(H2,35,41)(H,38,42). The van der Waals surface area contributed by atoms with E-state index in [4.69, 9.17) is 15.7 Å². The van der Waals surface area contributed by atoms with Crippen molar-refractivity contribution in [2.24, 2.45) is 5.73 Å². The van der Waals surface area contributed by atoms with Gasteiger partial charge in [0.15, 0.2) is 0 Å². The third-order valence-corrected chi connectivity index (χ3v) is 8.18. The third kappa shape index (κ3) is 4.86. The van der Waals surface area contributed by atoms with Gasteiger partial charge in [0, 0.05) is 42.4 Å². The van der Waals surface area contributed by atoms with Crippen molar-refractivity contribution in [3.05, 3.63) is 119 Å². The first-order valence-electron chi connectivity index (χ1n) is 14.2. The first-order chi connectivity index (χ1) is 20.5. The maximum Gasteiger partial charge on any atom is 0.326 e. The Kier molecular flexibility index (Phi) is 6.60. The molecule has 1 saturated heterocycles. The van der Waals surface area contributed by atoms with Gasteiger partial charge in [0.05, 0.1) is 33.5 Å². The van der Waals surface area contributed by atoms with Gasteiger partial charge in [-0.25, -0.2) is 14.8 Å². The third-order valence-electron chi connectivity index (χ3n) is 8.18. The average molecular weight is 555 g/mol. The van der Waals surface area contributed by atoms with Crippen molar-refractivity contribution in [1.82, 2.24) is 24.4 Å². The van der Waals surface area contributed by atoms with Crippen LogP contribution in [-0.4, -0.2) is 43.4 Å². The van der Waals surface area contributed by atoms with Crippen LogP contribution in [0.5, 0.6) is 0 Å². The molecule has 8 heteroatoms. The Morgan fingerprint density at radius 2 is 1.48 bits per heavy atom. The molecule has 4 aromatic carbocycles. The van der Waals surface area contributed by atoms with E-state index in [1.165, 1.54) is 5.56 Å². The van der Waals surface area contributed by atoms with Crippen LogP contribution in [0.3, 0.4) is 0 Å². The molecule has 42 heavy (non-hydrogen) atoms. The Hall–Kier alpha value is -5.08. The lowest BCUT2D eigenvalue weighted by molar-refractivity contribution is 0.100. The zero-order valence-electron chi connectivity index (χ0n) is 23.0. The number of carbonyl (C=O) groups excluding carboxylic acids is 1. The number of H-pyrrole nitrogens is 1. The Bertz CT molecular complexity index is 1970. The van der Waals surface area contributed by atoms with Gasteiger partial charge in [0.25, 0.3) is 0 Å². The summed E-state index contributed by atoms with van der Waals surface area (Å²) in [6.07, 6.45) is 1.87. The maximum absolute atomic E-state index is 12.7. The molecular formula is C34H30N6O2. The highest BCUT2D eigenvalue weighted by Gasteiger charge is 2.23. The highest BCUT2D eigenvalue weighted by atomic mass is 16.1. The van der Waals surface area contributed by atoms with Crippen molar-refractivity contribution >= 4 is 28.0 Å². The lowest BCUT2D eigenvalue weighted by Gasteiger charge is -2.32. The number of fused-ring (bicyclic) bond motifs is 2. The van der Waals surface area contributed by atoms with Crippen LogP contribution in [0.25, 0.3) is 44.6 Å². The molecule has 208 valence electrons. The molecule has 0 unspecified atom stereocenters. The van der Waals surface area contributed by atoms with Crippen molar-refractivity contribution in [1.29, 1.82) is 0 Å². The number of imidazole rings is 1. The molecule has 0 spiro atoms. The van der Waals surface area contributed by atoms with E-state index < -0.39 is 5.91 Å². The van der Waals surface area contributed by atoms with Crippen LogP contribution in [0.4, 0.5) is 0 Å². The van der Waals surface area contributed by atoms with Gasteiger partial charge in [-0.3, -0.25) is 14.3 Å². The van der Waals surface area contributed by atoms with Crippen molar-refractivity contribution in [3.63, 3.8) is 0 Å². The van der Waals surface area contributed by atoms with Crippen LogP contribution in [0, 0.1) is 0 Å². The molecule has 7 rings (SSSR count). The Morgan fingerprint density at radius 3 is 2.21 bits per heavy atom. The number of nitrogens with zero attached hydrogens (tertiary/aromatic N) is 4. The minimum atomic E-state index is -0.490. The molecule has 0 bridgehead atoms. The van der Waals surface area contributed by atoms with E-state index in [1.807, 2.05) is 59.2 Å². The summed E-state index contributed by atoms with van der Waals surface area (Å²) in [5, 5.41) is 0. The first-order valence-corrected chi connectivity index (χ1v) is 14.2. The number of benzene rings is 4. The van der Waals surface area contributed by atoms with Gasteiger partial charge in [0.1, 0.15) is 0 Å². The summed E-state index contributed by atoms with van der Waals surface area (Å²) in [6.45, 7) is 2.71. The molecule has 0 aliphatic carbocycles. The van der Waals surface area contributed by atoms with E-state index in [0.29, 0.717) is 16.6 Å². The predicted octanol–water partition coefficient (Wildman–Crippen LogP) is 5.54. The highest BCUT2D eigenvalue weighted by molar-refractivity contribution is 5.97.